The van der Waals surface area contributed by atoms with Gasteiger partial charge in [0, 0.05) is 6.92 Å². The van der Waals surface area contributed by atoms with Crippen LogP contribution in [0.15, 0.2) is 0 Å². The van der Waals surface area contributed by atoms with E-state index in [1.54, 1.807) is 0 Å². The predicted octanol–water partition coefficient (Wildman–Crippen LogP) is 1.16. The zero-order valence-corrected chi connectivity index (χ0v) is 6.50. The molecule has 0 saturated carbocycles. The molecule has 0 amide bonds. The van der Waals surface area contributed by atoms with Crippen LogP contribution in [-0.2, 0) is 0 Å². The summed E-state index contributed by atoms with van der Waals surface area (Å²) < 4.78 is 73.3. The Morgan fingerprint density at radius 3 is 1.31 bits per heavy atom. The highest BCUT2D eigenvalue weighted by atomic mass is 19.3. The van der Waals surface area contributed by atoms with Crippen molar-refractivity contribution >= 4 is 0 Å². The van der Waals surface area contributed by atoms with Crippen molar-refractivity contribution in [3.63, 3.8) is 0 Å². The average molecular weight is 210 g/mol. The second-order valence-electron chi connectivity index (χ2n) is 2.61. The summed E-state index contributed by atoms with van der Waals surface area (Å²) in [6, 6.07) is 0. The van der Waals surface area contributed by atoms with Crippen LogP contribution in [0, 0.1) is 0 Å². The summed E-state index contributed by atoms with van der Waals surface area (Å²) in [5.74, 6) is -15.6. The minimum absolute atomic E-state index is 0.330. The molecule has 0 aromatic heterocycles. The van der Waals surface area contributed by atoms with Gasteiger partial charge >= 0.3 is 17.8 Å². The second-order valence-corrected chi connectivity index (χ2v) is 2.61. The summed E-state index contributed by atoms with van der Waals surface area (Å²) in [4.78, 5) is 0. The molecule has 2 nitrogen and oxygen atoms in total. The van der Waals surface area contributed by atoms with E-state index in [1.807, 2.05) is 0 Å². The molecule has 0 aliphatic heterocycles. The van der Waals surface area contributed by atoms with E-state index >= 15 is 0 Å². The fraction of sp³-hybridized carbons (Fsp3) is 1.00. The third-order valence-corrected chi connectivity index (χ3v) is 1.39. The maximum atomic E-state index is 12.3. The number of halogens is 6. The van der Waals surface area contributed by atoms with Gasteiger partial charge in [0.1, 0.15) is 6.17 Å². The fourth-order valence-corrected chi connectivity index (χ4v) is 0.502. The van der Waals surface area contributed by atoms with E-state index in [0.29, 0.717) is 0 Å². The van der Waals surface area contributed by atoms with E-state index in [4.69, 9.17) is 0 Å². The Morgan fingerprint density at radius 1 is 0.923 bits per heavy atom. The van der Waals surface area contributed by atoms with Gasteiger partial charge in [-0.25, -0.2) is 0 Å². The lowest BCUT2D eigenvalue weighted by Crippen LogP contribution is -2.63. The third-order valence-electron chi connectivity index (χ3n) is 1.39. The van der Waals surface area contributed by atoms with Gasteiger partial charge in [0.25, 0.3) is 0 Å². The van der Waals surface area contributed by atoms with Gasteiger partial charge in [0.05, 0.1) is 0 Å². The molecule has 0 saturated heterocycles. The van der Waals surface area contributed by atoms with E-state index in [0.717, 1.165) is 0 Å². The van der Waals surface area contributed by atoms with Crippen molar-refractivity contribution < 1.29 is 26.3 Å². The largest absolute Gasteiger partial charge is 0.374 e. The molecule has 0 heterocycles. The van der Waals surface area contributed by atoms with Gasteiger partial charge in [-0.1, -0.05) is 0 Å². The smallest absolute Gasteiger partial charge is 0.311 e. The molecule has 0 atom stereocenters. The van der Waals surface area contributed by atoms with Crippen molar-refractivity contribution in [2.45, 2.75) is 30.9 Å². The summed E-state index contributed by atoms with van der Waals surface area (Å²) in [7, 11) is 0. The Labute approximate surface area is 69.9 Å². The quantitative estimate of drug-likeness (QED) is 0.542. The Balaban J connectivity index is 5.04. The number of hydrogen-bond donors (Lipinski definition) is 2. The van der Waals surface area contributed by atoms with Gasteiger partial charge < -0.3 is 11.5 Å². The van der Waals surface area contributed by atoms with Crippen molar-refractivity contribution in [2.75, 3.05) is 0 Å². The summed E-state index contributed by atoms with van der Waals surface area (Å²) in [6.07, 6.45) is -2.84. The normalized spacial score (nSPS) is 15.2. The fourth-order valence-electron chi connectivity index (χ4n) is 0.502. The van der Waals surface area contributed by atoms with Gasteiger partial charge in [-0.3, -0.25) is 0 Å². The Morgan fingerprint density at radius 2 is 1.23 bits per heavy atom. The van der Waals surface area contributed by atoms with Gasteiger partial charge in [0.15, 0.2) is 0 Å². The van der Waals surface area contributed by atoms with Crippen molar-refractivity contribution in [3.05, 3.63) is 0 Å². The summed E-state index contributed by atoms with van der Waals surface area (Å²) in [5.41, 5.74) is 8.53. The summed E-state index contributed by atoms with van der Waals surface area (Å²) in [6.45, 7) is -0.330. The van der Waals surface area contributed by atoms with Crippen LogP contribution in [0.4, 0.5) is 26.3 Å². The lowest BCUT2D eigenvalue weighted by Gasteiger charge is -2.32. The molecular formula is C5H8F6N2. The first kappa shape index (κ1) is 12.5. The number of alkyl halides is 6. The highest BCUT2D eigenvalue weighted by Gasteiger charge is 2.70. The molecule has 0 spiro atoms. The molecule has 13 heavy (non-hydrogen) atoms. The topological polar surface area (TPSA) is 52.0 Å². The Hall–Kier alpha value is -0.500. The van der Waals surface area contributed by atoms with Gasteiger partial charge in [-0.05, 0) is 0 Å². The van der Waals surface area contributed by atoms with Gasteiger partial charge in [-0.2, -0.15) is 26.3 Å². The van der Waals surface area contributed by atoms with Crippen LogP contribution in [0.3, 0.4) is 0 Å². The predicted molar refractivity (Wildman–Crippen MR) is 32.7 cm³/mol. The Bertz CT molecular complexity index is 184. The zero-order valence-electron chi connectivity index (χ0n) is 6.50. The molecule has 0 radical (unpaired) electrons. The molecule has 0 aliphatic rings. The molecular weight excluding hydrogens is 202 g/mol. The second kappa shape index (κ2) is 3.02. The summed E-state index contributed by atoms with van der Waals surface area (Å²) >= 11 is 0. The van der Waals surface area contributed by atoms with Crippen LogP contribution < -0.4 is 11.5 Å². The maximum absolute atomic E-state index is 12.3. The lowest BCUT2D eigenvalue weighted by molar-refractivity contribution is -0.308. The molecule has 0 aliphatic carbocycles. The molecule has 0 aromatic rings. The monoisotopic (exact) mass is 210 g/mol. The van der Waals surface area contributed by atoms with E-state index in [9.17, 15) is 26.3 Å². The molecule has 0 rings (SSSR count). The molecule has 0 bridgehead atoms. The lowest BCUT2D eigenvalue weighted by atomic mass is 10.0. The van der Waals surface area contributed by atoms with Crippen molar-refractivity contribution in [3.8, 4) is 0 Å². The van der Waals surface area contributed by atoms with E-state index in [2.05, 4.69) is 11.5 Å². The molecule has 0 unspecified atom stereocenters. The number of hydrogen-bond acceptors (Lipinski definition) is 2. The van der Waals surface area contributed by atoms with Crippen LogP contribution >= 0.6 is 0 Å². The van der Waals surface area contributed by atoms with E-state index in [1.165, 1.54) is 0 Å². The zero-order chi connectivity index (χ0) is 11.1. The Kier molecular flexibility index (Phi) is 2.90. The number of nitrogens with two attached hydrogens (primary N) is 2. The van der Waals surface area contributed by atoms with Crippen LogP contribution in [0.2, 0.25) is 0 Å². The number of rotatable bonds is 3. The first-order valence-electron chi connectivity index (χ1n) is 3.09. The van der Waals surface area contributed by atoms with Gasteiger partial charge in [0.2, 0.25) is 0 Å². The summed E-state index contributed by atoms with van der Waals surface area (Å²) in [5, 5.41) is 0. The van der Waals surface area contributed by atoms with Crippen LogP contribution in [0.5, 0.6) is 0 Å². The first-order chi connectivity index (χ1) is 5.44. The highest BCUT2D eigenvalue weighted by Crippen LogP contribution is 2.45. The average Bonchev–Trinajstić information content (AvgIpc) is 1.84. The minimum Gasteiger partial charge on any atom is -0.311 e. The van der Waals surface area contributed by atoms with E-state index < -0.39 is 23.9 Å². The van der Waals surface area contributed by atoms with Crippen LogP contribution in [0.1, 0.15) is 6.92 Å². The molecule has 8 heteroatoms. The van der Waals surface area contributed by atoms with Crippen molar-refractivity contribution in [2.24, 2.45) is 11.5 Å². The van der Waals surface area contributed by atoms with Crippen LogP contribution in [-0.4, -0.2) is 23.9 Å². The van der Waals surface area contributed by atoms with E-state index in [-0.39, 0.29) is 6.92 Å². The molecule has 0 fully saturated rings. The highest BCUT2D eigenvalue weighted by molar-refractivity contribution is 4.97. The maximum Gasteiger partial charge on any atom is 0.374 e. The standard InChI is InChI=1S/C5H8F6N2/c1-3(6,7)5(10,11)4(8,9)2(12)13/h2H,12-13H2,1H3. The van der Waals surface area contributed by atoms with Crippen molar-refractivity contribution in [1.29, 1.82) is 0 Å². The molecule has 80 valence electrons. The van der Waals surface area contributed by atoms with Crippen molar-refractivity contribution in [1.82, 2.24) is 0 Å². The molecule has 4 N–H and O–H groups in total. The SMILES string of the molecule is CC(F)(F)C(F)(F)C(F)(F)C(N)N. The van der Waals surface area contributed by atoms with Crippen LogP contribution in [0.25, 0.3) is 0 Å². The van der Waals surface area contributed by atoms with Gasteiger partial charge in [-0.15, -0.1) is 0 Å². The minimum atomic E-state index is -5.56. The first-order valence-corrected chi connectivity index (χ1v) is 3.09. The third kappa shape index (κ3) is 1.88. The molecule has 0 aromatic carbocycles.